The Labute approximate surface area is 114 Å². The van der Waals surface area contributed by atoms with Crippen molar-refractivity contribution in [1.29, 1.82) is 0 Å². The van der Waals surface area contributed by atoms with Gasteiger partial charge in [-0.2, -0.15) is 0 Å². The van der Waals surface area contributed by atoms with E-state index in [-0.39, 0.29) is 10.1 Å². The number of hydrogen-bond donors (Lipinski definition) is 2. The van der Waals surface area contributed by atoms with Gasteiger partial charge in [-0.05, 0) is 24.6 Å². The van der Waals surface area contributed by atoms with Gasteiger partial charge in [-0.25, -0.2) is 13.6 Å². The van der Waals surface area contributed by atoms with Crippen LogP contribution in [0.15, 0.2) is 39.4 Å². The fourth-order valence-corrected chi connectivity index (χ4v) is 3.22. The predicted molar refractivity (Wildman–Crippen MR) is 70.4 cm³/mol. The number of nitrogens with one attached hydrogen (secondary N) is 1. The lowest BCUT2D eigenvalue weighted by Crippen LogP contribution is -2.24. The maximum absolute atomic E-state index is 11.6. The average Bonchev–Trinajstić information content (AvgIpc) is 2.99. The normalized spacial score (nSPS) is 11.4. The number of thiophene rings is 1. The van der Waals surface area contributed by atoms with Gasteiger partial charge >= 0.3 is 0 Å². The standard InChI is InChI=1S/C11H12N2O4S2/c12-19(15,16)10-2-1-9(18-10)3-5-13-11(14)8-4-6-17-7-8/h1-2,4,6-7H,3,5H2,(H,13,14)(H2,12,15,16). The van der Waals surface area contributed by atoms with Crippen molar-refractivity contribution >= 4 is 27.3 Å². The molecule has 6 nitrogen and oxygen atoms in total. The van der Waals surface area contributed by atoms with Gasteiger partial charge in [0, 0.05) is 11.4 Å². The smallest absolute Gasteiger partial charge is 0.254 e. The van der Waals surface area contributed by atoms with Crippen LogP contribution in [0.3, 0.4) is 0 Å². The molecule has 0 aliphatic rings. The summed E-state index contributed by atoms with van der Waals surface area (Å²) in [6.07, 6.45) is 3.33. The summed E-state index contributed by atoms with van der Waals surface area (Å²) >= 11 is 1.11. The van der Waals surface area contributed by atoms with E-state index >= 15 is 0 Å². The van der Waals surface area contributed by atoms with Gasteiger partial charge in [0.25, 0.3) is 5.91 Å². The molecule has 0 bridgehead atoms. The molecule has 0 spiro atoms. The first-order valence-corrected chi connectivity index (χ1v) is 7.75. The summed E-state index contributed by atoms with van der Waals surface area (Å²) < 4.78 is 27.1. The molecular formula is C11H12N2O4S2. The fourth-order valence-electron chi connectivity index (χ4n) is 1.44. The number of amides is 1. The number of carbonyl (C=O) groups is 1. The van der Waals surface area contributed by atoms with Crippen molar-refractivity contribution in [2.45, 2.75) is 10.6 Å². The van der Waals surface area contributed by atoms with Crippen LogP contribution in [0.25, 0.3) is 0 Å². The molecule has 8 heteroatoms. The molecule has 0 unspecified atom stereocenters. The van der Waals surface area contributed by atoms with Crippen LogP contribution in [0.1, 0.15) is 15.2 Å². The summed E-state index contributed by atoms with van der Waals surface area (Å²) in [5, 5.41) is 7.72. The second-order valence-corrected chi connectivity index (χ2v) is 6.74. The van der Waals surface area contributed by atoms with Crippen molar-refractivity contribution in [2.75, 3.05) is 6.54 Å². The summed E-state index contributed by atoms with van der Waals surface area (Å²) in [6.45, 7) is 0.411. The Balaban J connectivity index is 1.86. The number of rotatable bonds is 5. The molecule has 0 saturated carbocycles. The van der Waals surface area contributed by atoms with Gasteiger partial charge in [0.1, 0.15) is 10.5 Å². The Kier molecular flexibility index (Phi) is 4.03. The minimum atomic E-state index is -3.64. The van der Waals surface area contributed by atoms with E-state index in [0.717, 1.165) is 16.2 Å². The zero-order chi connectivity index (χ0) is 13.9. The summed E-state index contributed by atoms with van der Waals surface area (Å²) in [5.74, 6) is -0.225. The molecule has 0 aliphatic carbocycles. The number of carbonyl (C=O) groups excluding carboxylic acids is 1. The SMILES string of the molecule is NS(=O)(=O)c1ccc(CCNC(=O)c2ccoc2)s1. The fraction of sp³-hybridized carbons (Fsp3) is 0.182. The van der Waals surface area contributed by atoms with Crippen LogP contribution < -0.4 is 10.5 Å². The highest BCUT2D eigenvalue weighted by molar-refractivity contribution is 7.91. The molecule has 2 heterocycles. The van der Waals surface area contributed by atoms with E-state index in [1.165, 1.54) is 18.6 Å². The van der Waals surface area contributed by atoms with Crippen LogP contribution in [-0.2, 0) is 16.4 Å². The van der Waals surface area contributed by atoms with Gasteiger partial charge in [0.2, 0.25) is 10.0 Å². The van der Waals surface area contributed by atoms with Crippen molar-refractivity contribution < 1.29 is 17.6 Å². The van der Waals surface area contributed by atoms with E-state index in [9.17, 15) is 13.2 Å². The molecule has 1 amide bonds. The molecule has 2 aromatic rings. The van der Waals surface area contributed by atoms with Gasteiger partial charge < -0.3 is 9.73 Å². The summed E-state index contributed by atoms with van der Waals surface area (Å²) in [7, 11) is -3.64. The van der Waals surface area contributed by atoms with Crippen LogP contribution >= 0.6 is 11.3 Å². The third-order valence-electron chi connectivity index (χ3n) is 2.36. The summed E-state index contributed by atoms with van der Waals surface area (Å²) in [4.78, 5) is 12.4. The van der Waals surface area contributed by atoms with E-state index in [4.69, 9.17) is 9.56 Å². The second-order valence-electron chi connectivity index (χ2n) is 3.78. The van der Waals surface area contributed by atoms with Gasteiger partial charge in [0.05, 0.1) is 11.8 Å². The quantitative estimate of drug-likeness (QED) is 0.858. The third kappa shape index (κ3) is 3.66. The molecule has 0 fully saturated rings. The lowest BCUT2D eigenvalue weighted by molar-refractivity contribution is 0.0953. The van der Waals surface area contributed by atoms with Crippen molar-refractivity contribution in [1.82, 2.24) is 5.32 Å². The number of hydrogen-bond acceptors (Lipinski definition) is 5. The number of sulfonamides is 1. The molecule has 102 valence electrons. The predicted octanol–water partition coefficient (Wildman–Crippen LogP) is 0.961. The molecule has 0 atom stereocenters. The minimum Gasteiger partial charge on any atom is -0.472 e. The van der Waals surface area contributed by atoms with Gasteiger partial charge in [-0.15, -0.1) is 11.3 Å². The molecule has 2 aromatic heterocycles. The molecule has 19 heavy (non-hydrogen) atoms. The van der Waals surface area contributed by atoms with Crippen molar-refractivity contribution in [3.05, 3.63) is 41.2 Å². The van der Waals surface area contributed by atoms with Crippen LogP contribution in [0, 0.1) is 0 Å². The number of primary sulfonamides is 1. The number of nitrogens with two attached hydrogens (primary N) is 1. The average molecular weight is 300 g/mol. The Hall–Kier alpha value is -1.64. The lowest BCUT2D eigenvalue weighted by atomic mass is 10.3. The van der Waals surface area contributed by atoms with E-state index < -0.39 is 10.0 Å². The van der Waals surface area contributed by atoms with Gasteiger partial charge in [-0.3, -0.25) is 4.79 Å². The highest BCUT2D eigenvalue weighted by atomic mass is 32.2. The summed E-state index contributed by atoms with van der Waals surface area (Å²) in [6, 6.07) is 4.72. The second kappa shape index (κ2) is 5.55. The van der Waals surface area contributed by atoms with E-state index in [0.29, 0.717) is 18.5 Å². The summed E-state index contributed by atoms with van der Waals surface area (Å²) in [5.41, 5.74) is 0.455. The maximum Gasteiger partial charge on any atom is 0.254 e. The number of furan rings is 1. The van der Waals surface area contributed by atoms with Crippen LogP contribution in [0.4, 0.5) is 0 Å². The molecule has 0 radical (unpaired) electrons. The third-order valence-corrected chi connectivity index (χ3v) is 4.94. The lowest BCUT2D eigenvalue weighted by Gasteiger charge is -2.01. The maximum atomic E-state index is 11.6. The Bertz CT molecular complexity index is 659. The molecule has 2 rings (SSSR count). The largest absolute Gasteiger partial charge is 0.472 e. The Morgan fingerprint density at radius 3 is 2.74 bits per heavy atom. The van der Waals surface area contributed by atoms with E-state index in [2.05, 4.69) is 5.32 Å². The van der Waals surface area contributed by atoms with Gasteiger partial charge in [-0.1, -0.05) is 0 Å². The highest BCUT2D eigenvalue weighted by Crippen LogP contribution is 2.20. The van der Waals surface area contributed by atoms with Gasteiger partial charge in [0.15, 0.2) is 0 Å². The molecule has 0 aromatic carbocycles. The Morgan fingerprint density at radius 2 is 2.16 bits per heavy atom. The molecule has 3 N–H and O–H groups in total. The Morgan fingerprint density at radius 1 is 1.37 bits per heavy atom. The molecule has 0 saturated heterocycles. The minimum absolute atomic E-state index is 0.128. The topological polar surface area (TPSA) is 102 Å². The zero-order valence-electron chi connectivity index (χ0n) is 9.83. The first-order valence-electron chi connectivity index (χ1n) is 5.39. The molecular weight excluding hydrogens is 288 g/mol. The van der Waals surface area contributed by atoms with E-state index in [1.807, 2.05) is 0 Å². The van der Waals surface area contributed by atoms with E-state index in [1.54, 1.807) is 12.1 Å². The zero-order valence-corrected chi connectivity index (χ0v) is 11.5. The van der Waals surface area contributed by atoms with Crippen molar-refractivity contribution in [2.24, 2.45) is 5.14 Å². The van der Waals surface area contributed by atoms with Crippen LogP contribution in [0.5, 0.6) is 0 Å². The van der Waals surface area contributed by atoms with Crippen molar-refractivity contribution in [3.8, 4) is 0 Å². The first kappa shape index (κ1) is 13.8. The van der Waals surface area contributed by atoms with Crippen molar-refractivity contribution in [3.63, 3.8) is 0 Å². The monoisotopic (exact) mass is 300 g/mol. The van der Waals surface area contributed by atoms with Crippen LogP contribution in [0.2, 0.25) is 0 Å². The first-order chi connectivity index (χ1) is 8.97. The highest BCUT2D eigenvalue weighted by Gasteiger charge is 2.11. The van der Waals surface area contributed by atoms with Crippen LogP contribution in [-0.4, -0.2) is 20.9 Å². The molecule has 0 aliphatic heterocycles.